The first kappa shape index (κ1) is 15.5. The van der Waals surface area contributed by atoms with Crippen molar-refractivity contribution in [2.45, 2.75) is 30.7 Å². The van der Waals surface area contributed by atoms with Crippen LogP contribution in [0.15, 0.2) is 27.6 Å². The van der Waals surface area contributed by atoms with Crippen LogP contribution in [0.2, 0.25) is 0 Å². The molecule has 0 amide bonds. The van der Waals surface area contributed by atoms with Crippen molar-refractivity contribution in [2.75, 3.05) is 13.7 Å². The highest BCUT2D eigenvalue weighted by molar-refractivity contribution is 9.10. The van der Waals surface area contributed by atoms with Crippen molar-refractivity contribution in [2.24, 2.45) is 0 Å². The molecule has 1 aliphatic rings. The Morgan fingerprint density at radius 2 is 2.15 bits per heavy atom. The number of carbonyl (C=O) groups is 1. The number of benzene rings is 1. The third kappa shape index (κ3) is 2.75. The highest BCUT2D eigenvalue weighted by Crippen LogP contribution is 2.31. The van der Waals surface area contributed by atoms with E-state index in [1.54, 1.807) is 18.2 Å². The zero-order valence-electron chi connectivity index (χ0n) is 11.3. The number of methoxy groups -OCH3 is 1. The van der Waals surface area contributed by atoms with Gasteiger partial charge in [0.2, 0.25) is 10.0 Å². The Labute approximate surface area is 127 Å². The number of carbonyl (C=O) groups excluding carboxylic acids is 1. The van der Waals surface area contributed by atoms with Gasteiger partial charge >= 0.3 is 5.97 Å². The Kier molecular flexibility index (Phi) is 4.51. The Morgan fingerprint density at radius 1 is 1.45 bits per heavy atom. The highest BCUT2D eigenvalue weighted by atomic mass is 79.9. The van der Waals surface area contributed by atoms with Gasteiger partial charge in [0.1, 0.15) is 6.04 Å². The standard InChI is InChI=1S/C13H16BrNO4S/c1-9-5-6-12(10(14)8-9)20(17,18)15-7-3-4-11(15)13(16)19-2/h5-6,8,11H,3-4,7H2,1-2H3/t11-/m0/s1. The molecule has 1 saturated heterocycles. The fraction of sp³-hybridized carbons (Fsp3) is 0.462. The molecule has 5 nitrogen and oxygen atoms in total. The van der Waals surface area contributed by atoms with Crippen LogP contribution >= 0.6 is 15.9 Å². The van der Waals surface area contributed by atoms with Crippen LogP contribution in [0.5, 0.6) is 0 Å². The largest absolute Gasteiger partial charge is 0.468 e. The van der Waals surface area contributed by atoms with E-state index >= 15 is 0 Å². The molecule has 0 aliphatic carbocycles. The van der Waals surface area contributed by atoms with Gasteiger partial charge in [0.25, 0.3) is 0 Å². The fourth-order valence-corrected chi connectivity index (χ4v) is 5.14. The van der Waals surface area contributed by atoms with Crippen molar-refractivity contribution in [3.05, 3.63) is 28.2 Å². The highest BCUT2D eigenvalue weighted by Gasteiger charge is 2.40. The van der Waals surface area contributed by atoms with E-state index in [0.717, 1.165) is 5.56 Å². The van der Waals surface area contributed by atoms with Crippen LogP contribution in [-0.4, -0.2) is 38.4 Å². The summed E-state index contributed by atoms with van der Waals surface area (Å²) in [5, 5.41) is 0. The van der Waals surface area contributed by atoms with E-state index in [4.69, 9.17) is 0 Å². The lowest BCUT2D eigenvalue weighted by Crippen LogP contribution is -2.41. The molecule has 20 heavy (non-hydrogen) atoms. The second-order valence-electron chi connectivity index (χ2n) is 4.73. The number of aryl methyl sites for hydroxylation is 1. The molecule has 0 bridgehead atoms. The number of esters is 1. The van der Waals surface area contributed by atoms with Crippen LogP contribution < -0.4 is 0 Å². The Balaban J connectivity index is 2.41. The molecule has 0 unspecified atom stereocenters. The lowest BCUT2D eigenvalue weighted by molar-refractivity contribution is -0.144. The lowest BCUT2D eigenvalue weighted by Gasteiger charge is -2.22. The zero-order chi connectivity index (χ0) is 14.9. The minimum absolute atomic E-state index is 0.180. The number of hydrogen-bond donors (Lipinski definition) is 0. The first-order valence-corrected chi connectivity index (χ1v) is 8.47. The quantitative estimate of drug-likeness (QED) is 0.773. The molecule has 7 heteroatoms. The van der Waals surface area contributed by atoms with Crippen LogP contribution in [0, 0.1) is 6.92 Å². The number of ether oxygens (including phenoxy) is 1. The van der Waals surface area contributed by atoms with Gasteiger partial charge in [-0.1, -0.05) is 6.07 Å². The third-order valence-corrected chi connectivity index (χ3v) is 6.24. The summed E-state index contributed by atoms with van der Waals surface area (Å²) in [6.07, 6.45) is 1.15. The van der Waals surface area contributed by atoms with Gasteiger partial charge < -0.3 is 4.74 Å². The zero-order valence-corrected chi connectivity index (χ0v) is 13.7. The van der Waals surface area contributed by atoms with Crippen LogP contribution in [0.25, 0.3) is 0 Å². The third-order valence-electron chi connectivity index (χ3n) is 3.35. The molecule has 0 saturated carbocycles. The molecule has 110 valence electrons. The van der Waals surface area contributed by atoms with E-state index in [9.17, 15) is 13.2 Å². The SMILES string of the molecule is COC(=O)[C@@H]1CCCN1S(=O)(=O)c1ccc(C)cc1Br. The van der Waals surface area contributed by atoms with E-state index in [1.807, 2.05) is 6.92 Å². The van der Waals surface area contributed by atoms with Crippen molar-refractivity contribution in [3.8, 4) is 0 Å². The maximum atomic E-state index is 12.7. The normalized spacial score (nSPS) is 20.1. The summed E-state index contributed by atoms with van der Waals surface area (Å²) in [6.45, 7) is 2.22. The predicted octanol–water partition coefficient (Wildman–Crippen LogP) is 2.08. The summed E-state index contributed by atoms with van der Waals surface area (Å²) < 4.78 is 31.8. The average molecular weight is 362 g/mol. The summed E-state index contributed by atoms with van der Waals surface area (Å²) in [7, 11) is -2.43. The molecule has 0 N–H and O–H groups in total. The molecular weight excluding hydrogens is 346 g/mol. The number of halogens is 1. The number of hydrogen-bond acceptors (Lipinski definition) is 4. The van der Waals surface area contributed by atoms with Crippen molar-refractivity contribution in [1.29, 1.82) is 0 Å². The summed E-state index contributed by atoms with van der Waals surface area (Å²) in [4.78, 5) is 11.9. The van der Waals surface area contributed by atoms with E-state index in [1.165, 1.54) is 11.4 Å². The van der Waals surface area contributed by atoms with E-state index in [0.29, 0.717) is 23.9 Å². The number of rotatable bonds is 3. The van der Waals surface area contributed by atoms with Crippen molar-refractivity contribution >= 4 is 31.9 Å². The van der Waals surface area contributed by atoms with E-state index < -0.39 is 22.0 Å². The summed E-state index contributed by atoms with van der Waals surface area (Å²) in [5.74, 6) is -0.505. The van der Waals surface area contributed by atoms with Gasteiger partial charge in [-0.3, -0.25) is 4.79 Å². The van der Waals surface area contributed by atoms with Gasteiger partial charge in [0.15, 0.2) is 0 Å². The van der Waals surface area contributed by atoms with Crippen molar-refractivity contribution in [3.63, 3.8) is 0 Å². The lowest BCUT2D eigenvalue weighted by atomic mass is 10.2. The molecule has 1 aliphatic heterocycles. The first-order chi connectivity index (χ1) is 9.37. The van der Waals surface area contributed by atoms with Gasteiger partial charge in [-0.2, -0.15) is 4.31 Å². The number of sulfonamides is 1. The Hall–Kier alpha value is -0.920. The molecule has 1 aromatic rings. The summed E-state index contributed by atoms with van der Waals surface area (Å²) >= 11 is 3.28. The van der Waals surface area contributed by atoms with Crippen molar-refractivity contribution in [1.82, 2.24) is 4.31 Å². The monoisotopic (exact) mass is 361 g/mol. The maximum Gasteiger partial charge on any atom is 0.324 e. The van der Waals surface area contributed by atoms with Gasteiger partial charge in [-0.25, -0.2) is 8.42 Å². The summed E-state index contributed by atoms with van der Waals surface area (Å²) in [5.41, 5.74) is 0.960. The average Bonchev–Trinajstić information content (AvgIpc) is 2.87. The van der Waals surface area contributed by atoms with Gasteiger partial charge in [-0.05, 0) is 53.4 Å². The van der Waals surface area contributed by atoms with Gasteiger partial charge in [0.05, 0.1) is 12.0 Å². The number of nitrogens with zero attached hydrogens (tertiary/aromatic N) is 1. The molecule has 0 radical (unpaired) electrons. The van der Waals surface area contributed by atoms with Crippen LogP contribution in [-0.2, 0) is 19.6 Å². The van der Waals surface area contributed by atoms with Gasteiger partial charge in [-0.15, -0.1) is 0 Å². The fourth-order valence-electron chi connectivity index (χ4n) is 2.34. The van der Waals surface area contributed by atoms with E-state index in [-0.39, 0.29) is 4.90 Å². The second-order valence-corrected chi connectivity index (χ2v) is 7.44. The maximum absolute atomic E-state index is 12.7. The van der Waals surface area contributed by atoms with Crippen LogP contribution in [0.3, 0.4) is 0 Å². The predicted molar refractivity (Wildman–Crippen MR) is 77.8 cm³/mol. The van der Waals surface area contributed by atoms with Gasteiger partial charge in [0, 0.05) is 11.0 Å². The smallest absolute Gasteiger partial charge is 0.324 e. The minimum Gasteiger partial charge on any atom is -0.468 e. The Morgan fingerprint density at radius 3 is 2.75 bits per heavy atom. The molecule has 1 atom stereocenters. The second kappa shape index (κ2) is 5.83. The van der Waals surface area contributed by atoms with E-state index in [2.05, 4.69) is 20.7 Å². The molecular formula is C13H16BrNO4S. The summed E-state index contributed by atoms with van der Waals surface area (Å²) in [6, 6.07) is 4.32. The Bertz CT molecular complexity index is 629. The molecule has 0 aromatic heterocycles. The molecule has 0 spiro atoms. The molecule has 1 fully saturated rings. The van der Waals surface area contributed by atoms with Crippen molar-refractivity contribution < 1.29 is 17.9 Å². The first-order valence-electron chi connectivity index (χ1n) is 6.23. The minimum atomic E-state index is -3.70. The molecule has 1 heterocycles. The van der Waals surface area contributed by atoms with Crippen LogP contribution in [0.4, 0.5) is 0 Å². The molecule has 1 aromatic carbocycles. The molecule has 2 rings (SSSR count). The van der Waals surface area contributed by atoms with Crippen LogP contribution in [0.1, 0.15) is 18.4 Å². The topological polar surface area (TPSA) is 63.7 Å².